The maximum atomic E-state index is 12.0. The summed E-state index contributed by atoms with van der Waals surface area (Å²) in [5.74, 6) is 0.985. The summed E-state index contributed by atoms with van der Waals surface area (Å²) in [7, 11) is 0. The Bertz CT molecular complexity index is 461. The summed E-state index contributed by atoms with van der Waals surface area (Å²) in [5.41, 5.74) is 0. The summed E-state index contributed by atoms with van der Waals surface area (Å²) in [6.07, 6.45) is 4.77. The van der Waals surface area contributed by atoms with Crippen LogP contribution in [0, 0.1) is 5.92 Å². The third kappa shape index (κ3) is 4.31. The fourth-order valence-electron chi connectivity index (χ4n) is 2.54. The van der Waals surface area contributed by atoms with Crippen molar-refractivity contribution in [1.82, 2.24) is 5.32 Å². The van der Waals surface area contributed by atoms with Crippen molar-refractivity contribution in [3.63, 3.8) is 0 Å². The zero-order valence-electron chi connectivity index (χ0n) is 11.5. The van der Waals surface area contributed by atoms with Crippen LogP contribution >= 0.6 is 35.0 Å². The summed E-state index contributed by atoms with van der Waals surface area (Å²) < 4.78 is 0. The molecule has 0 saturated heterocycles. The van der Waals surface area contributed by atoms with Crippen LogP contribution in [-0.4, -0.2) is 17.7 Å². The molecule has 1 fully saturated rings. The molecule has 2 rings (SSSR count). The lowest BCUT2D eigenvalue weighted by atomic mass is 9.86. The Hall–Kier alpha value is -0.380. The predicted octanol–water partition coefficient (Wildman–Crippen LogP) is 4.78. The first-order chi connectivity index (χ1) is 9.58. The molecule has 0 aromatic heterocycles. The van der Waals surface area contributed by atoms with Crippen LogP contribution < -0.4 is 5.32 Å². The number of nitrogens with one attached hydrogen (secondary N) is 1. The predicted molar refractivity (Wildman–Crippen MR) is 86.7 cm³/mol. The highest BCUT2D eigenvalue weighted by atomic mass is 35.5. The third-order valence-electron chi connectivity index (χ3n) is 3.72. The summed E-state index contributed by atoms with van der Waals surface area (Å²) in [4.78, 5) is 12.8. The fourth-order valence-corrected chi connectivity index (χ4v) is 4.03. The zero-order valence-corrected chi connectivity index (χ0v) is 13.8. The van der Waals surface area contributed by atoms with E-state index in [9.17, 15) is 4.79 Å². The zero-order chi connectivity index (χ0) is 14.5. The number of rotatable bonds is 4. The van der Waals surface area contributed by atoms with E-state index < -0.39 is 0 Å². The summed E-state index contributed by atoms with van der Waals surface area (Å²) in [6.45, 7) is 2.21. The van der Waals surface area contributed by atoms with Crippen LogP contribution in [-0.2, 0) is 4.79 Å². The molecular formula is C15H19Cl2NOS. The van der Waals surface area contributed by atoms with Gasteiger partial charge in [0.25, 0.3) is 0 Å². The Balaban J connectivity index is 1.86. The van der Waals surface area contributed by atoms with Crippen molar-refractivity contribution in [2.24, 2.45) is 5.92 Å². The van der Waals surface area contributed by atoms with Crippen LogP contribution in [0.2, 0.25) is 10.0 Å². The molecule has 0 radical (unpaired) electrons. The second kappa shape index (κ2) is 7.58. The molecule has 0 aliphatic heterocycles. The number of hydrogen-bond acceptors (Lipinski definition) is 2. The van der Waals surface area contributed by atoms with E-state index in [0.717, 1.165) is 11.3 Å². The van der Waals surface area contributed by atoms with Crippen molar-refractivity contribution in [2.75, 3.05) is 5.75 Å². The van der Waals surface area contributed by atoms with E-state index in [2.05, 4.69) is 12.2 Å². The molecule has 5 heteroatoms. The van der Waals surface area contributed by atoms with Gasteiger partial charge in [-0.25, -0.2) is 0 Å². The van der Waals surface area contributed by atoms with Gasteiger partial charge in [-0.15, -0.1) is 11.8 Å². The van der Waals surface area contributed by atoms with Crippen LogP contribution in [0.1, 0.15) is 32.6 Å². The number of benzene rings is 1. The minimum absolute atomic E-state index is 0.0599. The topological polar surface area (TPSA) is 29.1 Å². The number of carbonyl (C=O) groups excluding carboxylic acids is 1. The average Bonchev–Trinajstić information content (AvgIpc) is 2.41. The molecule has 0 heterocycles. The van der Waals surface area contributed by atoms with Gasteiger partial charge in [-0.3, -0.25) is 4.79 Å². The first-order valence-electron chi connectivity index (χ1n) is 6.94. The molecule has 20 heavy (non-hydrogen) atoms. The molecule has 1 N–H and O–H groups in total. The first-order valence-corrected chi connectivity index (χ1v) is 8.68. The highest BCUT2D eigenvalue weighted by Crippen LogP contribution is 2.33. The molecule has 0 spiro atoms. The lowest BCUT2D eigenvalue weighted by molar-refractivity contribution is -0.119. The number of hydrogen-bond donors (Lipinski definition) is 1. The van der Waals surface area contributed by atoms with Crippen LogP contribution in [0.15, 0.2) is 23.1 Å². The van der Waals surface area contributed by atoms with Gasteiger partial charge >= 0.3 is 0 Å². The molecule has 1 aliphatic rings. The Kier molecular flexibility index (Phi) is 6.06. The van der Waals surface area contributed by atoms with Gasteiger partial charge in [-0.2, -0.15) is 0 Å². The molecule has 1 aromatic carbocycles. The van der Waals surface area contributed by atoms with E-state index in [4.69, 9.17) is 23.2 Å². The number of amides is 1. The third-order valence-corrected chi connectivity index (χ3v) is 5.71. The molecule has 0 bridgehead atoms. The van der Waals surface area contributed by atoms with E-state index in [1.165, 1.54) is 31.0 Å². The quantitative estimate of drug-likeness (QED) is 0.804. The van der Waals surface area contributed by atoms with Gasteiger partial charge in [0.15, 0.2) is 0 Å². The van der Waals surface area contributed by atoms with E-state index in [1.807, 2.05) is 0 Å². The molecule has 1 aliphatic carbocycles. The Morgan fingerprint density at radius 3 is 2.60 bits per heavy atom. The second-order valence-corrected chi connectivity index (χ2v) is 7.08. The van der Waals surface area contributed by atoms with E-state index >= 15 is 0 Å². The maximum absolute atomic E-state index is 12.0. The molecule has 1 saturated carbocycles. The van der Waals surface area contributed by atoms with Crippen molar-refractivity contribution >= 4 is 40.9 Å². The molecule has 1 aromatic rings. The molecule has 1 amide bonds. The van der Waals surface area contributed by atoms with Crippen LogP contribution in [0.25, 0.3) is 0 Å². The fraction of sp³-hybridized carbons (Fsp3) is 0.533. The normalized spacial score (nSPS) is 22.6. The van der Waals surface area contributed by atoms with Crippen LogP contribution in [0.3, 0.4) is 0 Å². The van der Waals surface area contributed by atoms with E-state index in [-0.39, 0.29) is 5.91 Å². The largest absolute Gasteiger partial charge is 0.352 e. The van der Waals surface area contributed by atoms with E-state index in [0.29, 0.717) is 27.8 Å². The lowest BCUT2D eigenvalue weighted by Crippen LogP contribution is -2.41. The van der Waals surface area contributed by atoms with Gasteiger partial charge in [-0.05, 0) is 30.9 Å². The summed E-state index contributed by atoms with van der Waals surface area (Å²) in [5, 5.41) is 4.33. The van der Waals surface area contributed by atoms with Crippen molar-refractivity contribution in [3.8, 4) is 0 Å². The highest BCUT2D eigenvalue weighted by molar-refractivity contribution is 8.00. The van der Waals surface area contributed by atoms with Crippen molar-refractivity contribution in [1.29, 1.82) is 0 Å². The SMILES string of the molecule is C[C@@H]1CCCC[C@@H]1NC(=O)CSc1c(Cl)cccc1Cl. The highest BCUT2D eigenvalue weighted by Gasteiger charge is 2.22. The molecular weight excluding hydrogens is 313 g/mol. The van der Waals surface area contributed by atoms with Gasteiger partial charge in [0, 0.05) is 10.9 Å². The molecule has 2 nitrogen and oxygen atoms in total. The number of carbonyl (C=O) groups is 1. The Morgan fingerprint density at radius 2 is 1.95 bits per heavy atom. The monoisotopic (exact) mass is 331 g/mol. The Morgan fingerprint density at radius 1 is 1.30 bits per heavy atom. The van der Waals surface area contributed by atoms with Crippen molar-refractivity contribution in [3.05, 3.63) is 28.2 Å². The molecule has 0 unspecified atom stereocenters. The van der Waals surface area contributed by atoms with Gasteiger partial charge < -0.3 is 5.32 Å². The lowest BCUT2D eigenvalue weighted by Gasteiger charge is -2.29. The minimum Gasteiger partial charge on any atom is -0.352 e. The maximum Gasteiger partial charge on any atom is 0.230 e. The molecule has 2 atom stereocenters. The molecule has 110 valence electrons. The second-order valence-electron chi connectivity index (χ2n) is 5.28. The summed E-state index contributed by atoms with van der Waals surface area (Å²) >= 11 is 13.6. The van der Waals surface area contributed by atoms with Gasteiger partial charge in [-0.1, -0.05) is 49.0 Å². The average molecular weight is 332 g/mol. The van der Waals surface area contributed by atoms with Crippen LogP contribution in [0.5, 0.6) is 0 Å². The Labute approximate surface area is 134 Å². The number of halogens is 2. The van der Waals surface area contributed by atoms with Gasteiger partial charge in [0.1, 0.15) is 0 Å². The number of thioether (sulfide) groups is 1. The smallest absolute Gasteiger partial charge is 0.230 e. The van der Waals surface area contributed by atoms with Gasteiger partial charge in [0.2, 0.25) is 5.91 Å². The van der Waals surface area contributed by atoms with Crippen LogP contribution in [0.4, 0.5) is 0 Å². The van der Waals surface area contributed by atoms with Crippen molar-refractivity contribution in [2.45, 2.75) is 43.5 Å². The standard InChI is InChI=1S/C15H19Cl2NOS/c1-10-5-2-3-8-13(10)18-14(19)9-20-15-11(16)6-4-7-12(15)17/h4,6-7,10,13H,2-3,5,8-9H2,1H3,(H,18,19)/t10-,13+/m1/s1. The van der Waals surface area contributed by atoms with Gasteiger partial charge in [0.05, 0.1) is 15.8 Å². The van der Waals surface area contributed by atoms with Crippen molar-refractivity contribution < 1.29 is 4.79 Å². The summed E-state index contributed by atoms with van der Waals surface area (Å²) in [6, 6.07) is 5.70. The van der Waals surface area contributed by atoms with E-state index in [1.54, 1.807) is 18.2 Å². The first kappa shape index (κ1) is 16.0. The minimum atomic E-state index is 0.0599.